The van der Waals surface area contributed by atoms with E-state index >= 15 is 0 Å². The minimum atomic E-state index is 0.675. The van der Waals surface area contributed by atoms with Gasteiger partial charge < -0.3 is 5.32 Å². The number of piperazine rings is 1. The molecule has 3 heteroatoms. The molecule has 4 atom stereocenters. The largest absolute Gasteiger partial charge is 0.311 e. The van der Waals surface area contributed by atoms with Crippen LogP contribution in [0.15, 0.2) is 0 Å². The van der Waals surface area contributed by atoms with Gasteiger partial charge in [0, 0.05) is 37.0 Å². The smallest absolute Gasteiger partial charge is 0.0247 e. The fourth-order valence-electron chi connectivity index (χ4n) is 2.94. The maximum atomic E-state index is 3.78. The molecule has 2 nitrogen and oxygen atoms in total. The lowest BCUT2D eigenvalue weighted by molar-refractivity contribution is 0.0572. The molecule has 1 fully saturated rings. The highest BCUT2D eigenvalue weighted by Gasteiger charge is 2.33. The molecule has 1 N–H and O–H groups in total. The van der Waals surface area contributed by atoms with E-state index in [-0.39, 0.29) is 0 Å². The van der Waals surface area contributed by atoms with E-state index in [0.717, 1.165) is 18.4 Å². The highest BCUT2D eigenvalue weighted by Crippen LogP contribution is 2.23. The normalized spacial score (nSPS) is 29.5. The Morgan fingerprint density at radius 1 is 1.28 bits per heavy atom. The van der Waals surface area contributed by atoms with Crippen LogP contribution in [0, 0.1) is 11.8 Å². The molecule has 0 bridgehead atoms. The number of nitrogens with zero attached hydrogens (tertiary/aromatic N) is 1. The van der Waals surface area contributed by atoms with Crippen LogP contribution < -0.4 is 5.32 Å². The van der Waals surface area contributed by atoms with Gasteiger partial charge in [-0.1, -0.05) is 34.1 Å². The van der Waals surface area contributed by atoms with Gasteiger partial charge in [0.05, 0.1) is 0 Å². The highest BCUT2D eigenvalue weighted by atomic mass is 32.2. The summed E-state index contributed by atoms with van der Waals surface area (Å²) in [4.78, 5) is 2.76. The van der Waals surface area contributed by atoms with Gasteiger partial charge in [-0.25, -0.2) is 0 Å². The van der Waals surface area contributed by atoms with E-state index in [1.165, 1.54) is 18.7 Å². The third kappa shape index (κ3) is 4.14. The monoisotopic (exact) mass is 272 g/mol. The Bertz CT molecular complexity index is 233. The van der Waals surface area contributed by atoms with Crippen LogP contribution in [0.4, 0.5) is 0 Å². The van der Waals surface area contributed by atoms with Crippen molar-refractivity contribution < 1.29 is 0 Å². The molecule has 0 saturated carbocycles. The lowest BCUT2D eigenvalue weighted by Gasteiger charge is -2.47. The molecule has 0 radical (unpaired) electrons. The number of nitrogens with one attached hydrogen (secondary N) is 1. The van der Waals surface area contributed by atoms with Gasteiger partial charge in [-0.15, -0.1) is 0 Å². The first-order valence-corrected chi connectivity index (χ1v) is 8.88. The van der Waals surface area contributed by atoms with Crippen LogP contribution in [0.1, 0.15) is 41.0 Å². The molecule has 1 saturated heterocycles. The van der Waals surface area contributed by atoms with Crippen LogP contribution in [0.5, 0.6) is 0 Å². The van der Waals surface area contributed by atoms with Gasteiger partial charge in [-0.05, 0) is 25.0 Å². The zero-order valence-electron chi connectivity index (χ0n) is 13.1. The van der Waals surface area contributed by atoms with E-state index in [9.17, 15) is 0 Å². The summed E-state index contributed by atoms with van der Waals surface area (Å²) < 4.78 is 0. The minimum Gasteiger partial charge on any atom is -0.311 e. The van der Waals surface area contributed by atoms with E-state index in [1.54, 1.807) is 0 Å². The Balaban J connectivity index is 2.69. The summed E-state index contributed by atoms with van der Waals surface area (Å²) in [6.45, 7) is 14.2. The first kappa shape index (κ1) is 16.3. The standard InChI is InChI=1S/C15H32N2S/c1-7-12(4)14-9-17(13(5)10-18-6)15(8-16-14)11(2)3/h11-16H,7-10H2,1-6H3. The molecule has 0 aromatic carbocycles. The zero-order valence-corrected chi connectivity index (χ0v) is 13.9. The number of hydrogen-bond donors (Lipinski definition) is 1. The van der Waals surface area contributed by atoms with E-state index in [4.69, 9.17) is 0 Å². The summed E-state index contributed by atoms with van der Waals surface area (Å²) in [5, 5.41) is 3.78. The molecule has 1 rings (SSSR count). The second-order valence-corrected chi connectivity index (χ2v) is 7.12. The van der Waals surface area contributed by atoms with Gasteiger partial charge in [-0.3, -0.25) is 4.90 Å². The Morgan fingerprint density at radius 3 is 2.44 bits per heavy atom. The van der Waals surface area contributed by atoms with Gasteiger partial charge in [-0.2, -0.15) is 11.8 Å². The average Bonchev–Trinajstić information content (AvgIpc) is 2.37. The van der Waals surface area contributed by atoms with Crippen LogP contribution in [-0.4, -0.2) is 48.1 Å². The fourth-order valence-corrected chi connectivity index (χ4v) is 3.62. The average molecular weight is 273 g/mol. The third-order valence-electron chi connectivity index (χ3n) is 4.50. The topological polar surface area (TPSA) is 15.3 Å². The minimum absolute atomic E-state index is 0.675. The van der Waals surface area contributed by atoms with Crippen molar-refractivity contribution in [1.82, 2.24) is 10.2 Å². The van der Waals surface area contributed by atoms with Crippen molar-refractivity contribution in [3.63, 3.8) is 0 Å². The highest BCUT2D eigenvalue weighted by molar-refractivity contribution is 7.98. The van der Waals surface area contributed by atoms with Crippen molar-refractivity contribution in [2.45, 2.75) is 59.2 Å². The molecule has 0 amide bonds. The summed E-state index contributed by atoms with van der Waals surface area (Å²) in [5.74, 6) is 2.76. The van der Waals surface area contributed by atoms with E-state index in [1.807, 2.05) is 11.8 Å². The predicted octanol–water partition coefficient (Wildman–Crippen LogP) is 3.08. The lowest BCUT2D eigenvalue weighted by atomic mass is 9.91. The van der Waals surface area contributed by atoms with E-state index in [2.05, 4.69) is 51.1 Å². The SMILES string of the molecule is CCC(C)C1CN(C(C)CSC)C(C(C)C)CN1. The van der Waals surface area contributed by atoms with Crippen molar-refractivity contribution in [2.24, 2.45) is 11.8 Å². The van der Waals surface area contributed by atoms with Gasteiger partial charge >= 0.3 is 0 Å². The quantitative estimate of drug-likeness (QED) is 0.800. The lowest BCUT2D eigenvalue weighted by Crippen LogP contribution is -2.62. The summed E-state index contributed by atoms with van der Waals surface area (Å²) in [7, 11) is 0. The van der Waals surface area contributed by atoms with Crippen LogP contribution in [0.2, 0.25) is 0 Å². The molecule has 1 heterocycles. The molecule has 0 spiro atoms. The molecule has 4 unspecified atom stereocenters. The van der Waals surface area contributed by atoms with Gasteiger partial charge in [0.15, 0.2) is 0 Å². The number of hydrogen-bond acceptors (Lipinski definition) is 3. The van der Waals surface area contributed by atoms with Crippen molar-refractivity contribution in [3.8, 4) is 0 Å². The van der Waals surface area contributed by atoms with E-state index in [0.29, 0.717) is 18.1 Å². The second kappa shape index (κ2) is 7.76. The fraction of sp³-hybridized carbons (Fsp3) is 1.00. The Morgan fingerprint density at radius 2 is 1.94 bits per heavy atom. The molecule has 1 aliphatic rings. The van der Waals surface area contributed by atoms with Crippen molar-refractivity contribution in [1.29, 1.82) is 0 Å². The first-order valence-electron chi connectivity index (χ1n) is 7.49. The summed E-state index contributed by atoms with van der Waals surface area (Å²) in [5.41, 5.74) is 0. The molecule has 0 aromatic rings. The van der Waals surface area contributed by atoms with Crippen molar-refractivity contribution in [2.75, 3.05) is 25.1 Å². The maximum absolute atomic E-state index is 3.78. The van der Waals surface area contributed by atoms with Crippen molar-refractivity contribution in [3.05, 3.63) is 0 Å². The molecule has 108 valence electrons. The third-order valence-corrected chi connectivity index (χ3v) is 5.31. The van der Waals surface area contributed by atoms with Crippen LogP contribution in [-0.2, 0) is 0 Å². The van der Waals surface area contributed by atoms with Crippen LogP contribution >= 0.6 is 11.8 Å². The second-order valence-electron chi connectivity index (χ2n) is 6.21. The van der Waals surface area contributed by atoms with E-state index < -0.39 is 0 Å². The molecule has 1 aliphatic heterocycles. The van der Waals surface area contributed by atoms with Gasteiger partial charge in [0.1, 0.15) is 0 Å². The van der Waals surface area contributed by atoms with Crippen LogP contribution in [0.25, 0.3) is 0 Å². The van der Waals surface area contributed by atoms with Crippen LogP contribution in [0.3, 0.4) is 0 Å². The number of rotatable bonds is 6. The maximum Gasteiger partial charge on any atom is 0.0247 e. The number of thioether (sulfide) groups is 1. The predicted molar refractivity (Wildman–Crippen MR) is 84.4 cm³/mol. The summed E-state index contributed by atoms with van der Waals surface area (Å²) in [6.07, 6.45) is 3.49. The first-order chi connectivity index (χ1) is 8.51. The molecule has 0 aromatic heterocycles. The Labute approximate surface area is 118 Å². The summed E-state index contributed by atoms with van der Waals surface area (Å²) in [6, 6.07) is 2.07. The zero-order chi connectivity index (χ0) is 13.7. The van der Waals surface area contributed by atoms with Crippen molar-refractivity contribution >= 4 is 11.8 Å². The Hall–Kier alpha value is 0.270. The molecule has 18 heavy (non-hydrogen) atoms. The Kier molecular flexibility index (Phi) is 7.04. The molecular formula is C15H32N2S. The molecule has 0 aliphatic carbocycles. The van der Waals surface area contributed by atoms with Gasteiger partial charge in [0.2, 0.25) is 0 Å². The summed E-state index contributed by atoms with van der Waals surface area (Å²) >= 11 is 1.97. The molecular weight excluding hydrogens is 240 g/mol. The van der Waals surface area contributed by atoms with Gasteiger partial charge in [0.25, 0.3) is 0 Å².